The monoisotopic (exact) mass is 380 g/mol. The fraction of sp³-hybridized carbons (Fsp3) is 0.176. The molecule has 0 bridgehead atoms. The topological polar surface area (TPSA) is 78.4 Å². The van der Waals surface area contributed by atoms with Crippen LogP contribution >= 0.6 is 23.4 Å². The average molecular weight is 381 g/mol. The van der Waals surface area contributed by atoms with Crippen LogP contribution in [0.4, 0.5) is 15.8 Å². The first-order valence-electron chi connectivity index (χ1n) is 7.42. The minimum absolute atomic E-state index is 0.0191. The van der Waals surface area contributed by atoms with Crippen LogP contribution in [0.1, 0.15) is 12.0 Å². The van der Waals surface area contributed by atoms with Crippen molar-refractivity contribution < 1.29 is 19.1 Å². The number of fused-ring (bicyclic) bond motifs is 1. The molecule has 1 aliphatic heterocycles. The van der Waals surface area contributed by atoms with Crippen LogP contribution in [0.2, 0.25) is 5.02 Å². The van der Waals surface area contributed by atoms with Crippen LogP contribution in [0.25, 0.3) is 0 Å². The third kappa shape index (κ3) is 3.43. The highest BCUT2D eigenvalue weighted by molar-refractivity contribution is 8.01. The van der Waals surface area contributed by atoms with Gasteiger partial charge in [0.1, 0.15) is 5.82 Å². The molecule has 8 heteroatoms. The molecule has 0 radical (unpaired) electrons. The highest BCUT2D eigenvalue weighted by Gasteiger charge is 2.47. The molecule has 5 nitrogen and oxygen atoms in total. The molecule has 3 N–H and O–H groups in total. The van der Waals surface area contributed by atoms with Crippen LogP contribution < -0.4 is 10.6 Å². The zero-order valence-corrected chi connectivity index (χ0v) is 14.5. The summed E-state index contributed by atoms with van der Waals surface area (Å²) >= 11 is 6.86. The normalized spacial score (nSPS) is 18.6. The fourth-order valence-corrected chi connectivity index (χ4v) is 4.01. The lowest BCUT2D eigenvalue weighted by atomic mass is 10.1. The molecular weight excluding hydrogens is 367 g/mol. The highest BCUT2D eigenvalue weighted by Crippen LogP contribution is 2.46. The first kappa shape index (κ1) is 17.6. The van der Waals surface area contributed by atoms with Gasteiger partial charge in [0.25, 0.3) is 5.91 Å². The third-order valence-corrected chi connectivity index (χ3v) is 5.40. The van der Waals surface area contributed by atoms with Gasteiger partial charge in [-0.1, -0.05) is 29.8 Å². The van der Waals surface area contributed by atoms with Crippen LogP contribution in [-0.4, -0.2) is 22.7 Å². The van der Waals surface area contributed by atoms with Gasteiger partial charge in [-0.05, 0) is 24.3 Å². The van der Waals surface area contributed by atoms with Crippen molar-refractivity contribution in [2.45, 2.75) is 11.3 Å². The van der Waals surface area contributed by atoms with Crippen LogP contribution in [0, 0.1) is 5.82 Å². The maximum atomic E-state index is 13.8. The molecule has 0 fully saturated rings. The van der Waals surface area contributed by atoms with Gasteiger partial charge < -0.3 is 15.7 Å². The van der Waals surface area contributed by atoms with E-state index in [1.807, 2.05) is 0 Å². The number of para-hydroxylation sites is 1. The standard InChI is InChI=1S/C17H14ClFN2O3S/c18-12-6-5-10(9-13(12)19)21-17(25-8-7-15(22)23)11-3-1-2-4-14(11)20-16(17)24/h1-6,9,21H,7-8H2,(H,20,24)(H,22,23). The first-order valence-corrected chi connectivity index (χ1v) is 8.79. The smallest absolute Gasteiger partial charge is 0.304 e. The predicted octanol–water partition coefficient (Wildman–Crippen LogP) is 3.90. The van der Waals surface area contributed by atoms with Crippen molar-refractivity contribution in [3.05, 3.63) is 58.9 Å². The Labute approximate surface area is 152 Å². The predicted molar refractivity (Wildman–Crippen MR) is 96.5 cm³/mol. The summed E-state index contributed by atoms with van der Waals surface area (Å²) in [6.45, 7) is 0. The van der Waals surface area contributed by atoms with Crippen molar-refractivity contribution in [2.24, 2.45) is 0 Å². The quantitative estimate of drug-likeness (QED) is 0.662. The number of hydrogen-bond acceptors (Lipinski definition) is 4. The van der Waals surface area contributed by atoms with Crippen molar-refractivity contribution in [2.75, 3.05) is 16.4 Å². The van der Waals surface area contributed by atoms with E-state index in [0.29, 0.717) is 16.9 Å². The number of anilines is 2. The van der Waals surface area contributed by atoms with Crippen molar-refractivity contribution in [1.82, 2.24) is 0 Å². The number of halogens is 2. The summed E-state index contributed by atoms with van der Waals surface area (Å²) in [6, 6.07) is 11.3. The largest absolute Gasteiger partial charge is 0.481 e. The van der Waals surface area contributed by atoms with E-state index in [-0.39, 0.29) is 23.1 Å². The highest BCUT2D eigenvalue weighted by atomic mass is 35.5. The number of hydrogen-bond donors (Lipinski definition) is 3. The summed E-state index contributed by atoms with van der Waals surface area (Å²) in [6.07, 6.45) is -0.0987. The maximum absolute atomic E-state index is 13.8. The molecule has 1 amide bonds. The van der Waals surface area contributed by atoms with Crippen molar-refractivity contribution in [3.63, 3.8) is 0 Å². The number of carbonyl (C=O) groups excluding carboxylic acids is 1. The van der Waals surface area contributed by atoms with Crippen LogP contribution in [0.15, 0.2) is 42.5 Å². The van der Waals surface area contributed by atoms with E-state index in [0.717, 1.165) is 11.8 Å². The second kappa shape index (κ2) is 6.93. The van der Waals surface area contributed by atoms with E-state index < -0.39 is 16.7 Å². The Kier molecular flexibility index (Phi) is 4.87. The number of thioether (sulfide) groups is 1. The van der Waals surface area contributed by atoms with E-state index in [1.54, 1.807) is 30.3 Å². The van der Waals surface area contributed by atoms with Gasteiger partial charge in [0, 0.05) is 22.7 Å². The molecule has 0 aromatic heterocycles. The number of aliphatic carboxylic acids is 1. The van der Waals surface area contributed by atoms with Gasteiger partial charge in [-0.3, -0.25) is 9.59 Å². The number of carbonyl (C=O) groups is 2. The van der Waals surface area contributed by atoms with E-state index in [1.165, 1.54) is 12.1 Å². The minimum Gasteiger partial charge on any atom is -0.481 e. The summed E-state index contributed by atoms with van der Waals surface area (Å²) in [5.74, 6) is -1.68. The van der Waals surface area contributed by atoms with Crippen molar-refractivity contribution in [3.8, 4) is 0 Å². The van der Waals surface area contributed by atoms with Crippen LogP contribution in [-0.2, 0) is 14.5 Å². The molecule has 1 unspecified atom stereocenters. The average Bonchev–Trinajstić information content (AvgIpc) is 2.83. The number of carboxylic acids is 1. The number of benzene rings is 2. The molecule has 3 rings (SSSR count). The summed E-state index contributed by atoms with van der Waals surface area (Å²) in [5, 5.41) is 14.7. The zero-order valence-electron chi connectivity index (χ0n) is 12.9. The second-order valence-corrected chi connectivity index (χ2v) is 7.14. The first-order chi connectivity index (χ1) is 11.9. The molecule has 0 aliphatic carbocycles. The minimum atomic E-state index is -1.24. The van der Waals surface area contributed by atoms with Gasteiger partial charge in [-0.2, -0.15) is 0 Å². The molecule has 1 atom stereocenters. The third-order valence-electron chi connectivity index (χ3n) is 3.75. The molecule has 0 spiro atoms. The van der Waals surface area contributed by atoms with Crippen LogP contribution in [0.3, 0.4) is 0 Å². The molecule has 1 aliphatic rings. The van der Waals surface area contributed by atoms with Crippen molar-refractivity contribution in [1.29, 1.82) is 0 Å². The molecule has 2 aromatic carbocycles. The van der Waals surface area contributed by atoms with E-state index in [4.69, 9.17) is 16.7 Å². The lowest BCUT2D eigenvalue weighted by molar-refractivity contribution is -0.136. The Balaban J connectivity index is 1.99. The van der Waals surface area contributed by atoms with Gasteiger partial charge >= 0.3 is 5.97 Å². The van der Waals surface area contributed by atoms with Gasteiger partial charge in [-0.15, -0.1) is 11.8 Å². The molecular formula is C17H14ClFN2O3S. The number of amides is 1. The SMILES string of the molecule is O=C(O)CCSC1(Nc2ccc(Cl)c(F)c2)C(=O)Nc2ccccc21. The van der Waals surface area contributed by atoms with Crippen LogP contribution in [0.5, 0.6) is 0 Å². The zero-order chi connectivity index (χ0) is 18.0. The summed E-state index contributed by atoms with van der Waals surface area (Å²) < 4.78 is 13.8. The maximum Gasteiger partial charge on any atom is 0.304 e. The Morgan fingerprint density at radius 1 is 1.32 bits per heavy atom. The number of carboxylic acid groups (broad SMARTS) is 1. The van der Waals surface area contributed by atoms with E-state index in [9.17, 15) is 14.0 Å². The summed E-state index contributed by atoms with van der Waals surface area (Å²) in [7, 11) is 0. The summed E-state index contributed by atoms with van der Waals surface area (Å²) in [4.78, 5) is 22.3. The Morgan fingerprint density at radius 2 is 2.08 bits per heavy atom. The Hall–Kier alpha value is -2.25. The molecule has 130 valence electrons. The van der Waals surface area contributed by atoms with E-state index in [2.05, 4.69) is 10.6 Å². The lowest BCUT2D eigenvalue weighted by Crippen LogP contribution is -2.39. The van der Waals surface area contributed by atoms with Crippen molar-refractivity contribution >= 4 is 46.6 Å². The number of nitrogens with one attached hydrogen (secondary N) is 2. The second-order valence-electron chi connectivity index (χ2n) is 5.43. The van der Waals surface area contributed by atoms with Gasteiger partial charge in [0.05, 0.1) is 11.4 Å². The Morgan fingerprint density at radius 3 is 2.80 bits per heavy atom. The molecule has 1 heterocycles. The fourth-order valence-electron chi connectivity index (χ4n) is 2.60. The summed E-state index contributed by atoms with van der Waals surface area (Å²) in [5.41, 5.74) is 1.68. The van der Waals surface area contributed by atoms with Gasteiger partial charge in [0.2, 0.25) is 0 Å². The van der Waals surface area contributed by atoms with Gasteiger partial charge in [0.15, 0.2) is 4.87 Å². The van der Waals surface area contributed by atoms with Gasteiger partial charge in [-0.25, -0.2) is 4.39 Å². The molecule has 25 heavy (non-hydrogen) atoms. The number of rotatable bonds is 6. The lowest BCUT2D eigenvalue weighted by Gasteiger charge is -2.29. The molecule has 2 aromatic rings. The van der Waals surface area contributed by atoms with E-state index >= 15 is 0 Å². The molecule has 0 saturated heterocycles. The Bertz CT molecular complexity index is 848. The molecule has 0 saturated carbocycles.